The summed E-state index contributed by atoms with van der Waals surface area (Å²) in [5.74, 6) is -0.176. The van der Waals surface area contributed by atoms with Crippen LogP contribution in [0.5, 0.6) is 0 Å². The quantitative estimate of drug-likeness (QED) is 0.807. The largest absolute Gasteiger partial charge is 0.348 e. The third-order valence-electron chi connectivity index (χ3n) is 3.15. The summed E-state index contributed by atoms with van der Waals surface area (Å²) in [5.41, 5.74) is 0.712. The third-order valence-corrected chi connectivity index (χ3v) is 3.95. The first kappa shape index (κ1) is 14.3. The summed E-state index contributed by atoms with van der Waals surface area (Å²) in [7, 11) is 1.77. The molecule has 6 heteroatoms. The molecule has 2 heterocycles. The minimum atomic E-state index is -0.448. The van der Waals surface area contributed by atoms with Crippen LogP contribution in [-0.2, 0) is 13.6 Å². The lowest BCUT2D eigenvalue weighted by atomic mass is 10.2. The van der Waals surface area contributed by atoms with Crippen molar-refractivity contribution in [2.24, 2.45) is 7.05 Å². The topological polar surface area (TPSA) is 67.8 Å². The van der Waals surface area contributed by atoms with Crippen LogP contribution in [0, 0.1) is 18.3 Å². The molecule has 0 unspecified atom stereocenters. The lowest BCUT2D eigenvalue weighted by Crippen LogP contribution is -2.29. The highest BCUT2D eigenvalue weighted by molar-refractivity contribution is 9.10. The van der Waals surface area contributed by atoms with Crippen molar-refractivity contribution >= 4 is 21.7 Å². The van der Waals surface area contributed by atoms with Gasteiger partial charge in [0.2, 0.25) is 0 Å². The van der Waals surface area contributed by atoms with Crippen LogP contribution in [0.1, 0.15) is 21.7 Å². The van der Waals surface area contributed by atoms with E-state index in [1.807, 2.05) is 6.07 Å². The lowest BCUT2D eigenvalue weighted by molar-refractivity contribution is 0.0962. The molecule has 0 atom stereocenters. The van der Waals surface area contributed by atoms with Gasteiger partial charge in [-0.25, -0.2) is 0 Å². The van der Waals surface area contributed by atoms with E-state index < -0.39 is 5.56 Å². The number of carbonyl (C=O) groups excluding carboxylic acids is 1. The number of ketones is 1. The van der Waals surface area contributed by atoms with E-state index in [4.69, 9.17) is 5.26 Å². The van der Waals surface area contributed by atoms with E-state index >= 15 is 0 Å². The number of aryl methyl sites for hydroxylation is 1. The van der Waals surface area contributed by atoms with Crippen molar-refractivity contribution in [3.05, 3.63) is 56.2 Å². The highest BCUT2D eigenvalue weighted by Gasteiger charge is 2.15. The second-order valence-corrected chi connectivity index (χ2v) is 5.28. The number of pyridine rings is 1. The first-order valence-electron chi connectivity index (χ1n) is 5.90. The van der Waals surface area contributed by atoms with Crippen LogP contribution < -0.4 is 5.56 Å². The molecular weight excluding hydrogens is 322 g/mol. The number of halogens is 1. The first-order chi connectivity index (χ1) is 9.45. The molecule has 0 spiro atoms. The molecule has 0 aliphatic heterocycles. The highest BCUT2D eigenvalue weighted by atomic mass is 79.9. The van der Waals surface area contributed by atoms with Gasteiger partial charge in [0.25, 0.3) is 5.56 Å². The molecule has 2 aromatic heterocycles. The Bertz CT molecular complexity index is 781. The number of nitriles is 1. The van der Waals surface area contributed by atoms with E-state index in [1.54, 1.807) is 36.9 Å². The van der Waals surface area contributed by atoms with Crippen molar-refractivity contribution in [2.45, 2.75) is 13.5 Å². The Morgan fingerprint density at radius 3 is 2.75 bits per heavy atom. The molecule has 0 saturated carbocycles. The van der Waals surface area contributed by atoms with Crippen molar-refractivity contribution in [1.82, 2.24) is 9.13 Å². The predicted molar refractivity (Wildman–Crippen MR) is 77.6 cm³/mol. The zero-order chi connectivity index (χ0) is 14.9. The highest BCUT2D eigenvalue weighted by Crippen LogP contribution is 2.15. The Morgan fingerprint density at radius 1 is 1.50 bits per heavy atom. The summed E-state index contributed by atoms with van der Waals surface area (Å²) in [6, 6.07) is 6.79. The molecule has 2 aromatic rings. The molecule has 0 saturated heterocycles. The molecule has 102 valence electrons. The van der Waals surface area contributed by atoms with Gasteiger partial charge in [0.1, 0.15) is 11.6 Å². The van der Waals surface area contributed by atoms with Crippen molar-refractivity contribution in [3.63, 3.8) is 0 Å². The minimum absolute atomic E-state index is 0.0159. The summed E-state index contributed by atoms with van der Waals surface area (Å²) in [4.78, 5) is 24.4. The number of Topliss-reactive ketones (excluding diaryl/α,β-unsaturated/α-hetero) is 1. The molecule has 5 nitrogen and oxygen atoms in total. The average Bonchev–Trinajstić information content (AvgIpc) is 2.85. The van der Waals surface area contributed by atoms with Gasteiger partial charge in [-0.15, -0.1) is 0 Å². The van der Waals surface area contributed by atoms with Gasteiger partial charge >= 0.3 is 0 Å². The van der Waals surface area contributed by atoms with E-state index in [9.17, 15) is 9.59 Å². The van der Waals surface area contributed by atoms with Gasteiger partial charge in [0, 0.05) is 23.4 Å². The molecule has 20 heavy (non-hydrogen) atoms. The fraction of sp³-hybridized carbons (Fsp3) is 0.214. The summed E-state index contributed by atoms with van der Waals surface area (Å²) < 4.78 is 3.65. The van der Waals surface area contributed by atoms with Crippen molar-refractivity contribution in [1.29, 1.82) is 5.26 Å². The molecule has 0 amide bonds. The standard InChI is InChI=1S/C14H12BrN3O2/c1-9-11(15)6-10(7-16)14(20)18(9)8-13(19)12-4-3-5-17(12)2/h3-6H,8H2,1-2H3. The van der Waals surface area contributed by atoms with Crippen LogP contribution in [0.15, 0.2) is 33.7 Å². The van der Waals surface area contributed by atoms with Crippen LogP contribution in [-0.4, -0.2) is 14.9 Å². The number of hydrogen-bond donors (Lipinski definition) is 0. The van der Waals surface area contributed by atoms with Crippen molar-refractivity contribution < 1.29 is 4.79 Å². The fourth-order valence-electron chi connectivity index (χ4n) is 1.97. The van der Waals surface area contributed by atoms with Crippen LogP contribution in [0.25, 0.3) is 0 Å². The zero-order valence-electron chi connectivity index (χ0n) is 11.1. The zero-order valence-corrected chi connectivity index (χ0v) is 12.6. The molecule has 0 aliphatic carbocycles. The van der Waals surface area contributed by atoms with E-state index in [-0.39, 0.29) is 17.9 Å². The minimum Gasteiger partial charge on any atom is -0.348 e. The fourth-order valence-corrected chi connectivity index (χ4v) is 2.41. The number of hydrogen-bond acceptors (Lipinski definition) is 3. The van der Waals surface area contributed by atoms with Crippen LogP contribution in [0.2, 0.25) is 0 Å². The molecule has 2 rings (SSSR count). The molecule has 0 aromatic carbocycles. The SMILES string of the molecule is Cc1c(Br)cc(C#N)c(=O)n1CC(=O)c1cccn1C. The van der Waals surface area contributed by atoms with Gasteiger partial charge in [0.15, 0.2) is 5.78 Å². The van der Waals surface area contributed by atoms with E-state index in [1.165, 1.54) is 10.6 Å². The van der Waals surface area contributed by atoms with Crippen LogP contribution >= 0.6 is 15.9 Å². The van der Waals surface area contributed by atoms with E-state index in [0.717, 1.165) is 0 Å². The second-order valence-electron chi connectivity index (χ2n) is 4.42. The third kappa shape index (κ3) is 2.45. The Morgan fingerprint density at radius 2 is 2.20 bits per heavy atom. The van der Waals surface area contributed by atoms with Gasteiger partial charge in [-0.1, -0.05) is 0 Å². The second kappa shape index (κ2) is 5.47. The normalized spacial score (nSPS) is 10.3. The van der Waals surface area contributed by atoms with E-state index in [2.05, 4.69) is 15.9 Å². The Kier molecular flexibility index (Phi) is 3.91. The molecule has 0 bridgehead atoms. The summed E-state index contributed by atoms with van der Waals surface area (Å²) >= 11 is 3.30. The first-order valence-corrected chi connectivity index (χ1v) is 6.69. The number of aromatic nitrogens is 2. The summed E-state index contributed by atoms with van der Waals surface area (Å²) in [6.07, 6.45) is 1.77. The average molecular weight is 334 g/mol. The maximum absolute atomic E-state index is 12.2. The van der Waals surface area contributed by atoms with Gasteiger partial charge in [-0.3, -0.25) is 9.59 Å². The number of carbonyl (C=O) groups is 1. The molecule has 0 aliphatic rings. The molecule has 0 fully saturated rings. The predicted octanol–water partition coefficient (Wildman–Crippen LogP) is 2.01. The molecular formula is C14H12BrN3O2. The maximum Gasteiger partial charge on any atom is 0.269 e. The Labute approximate surface area is 124 Å². The maximum atomic E-state index is 12.2. The van der Waals surface area contributed by atoms with Gasteiger partial charge in [0.05, 0.1) is 12.2 Å². The smallest absolute Gasteiger partial charge is 0.269 e. The Balaban J connectivity index is 2.48. The van der Waals surface area contributed by atoms with Gasteiger partial charge < -0.3 is 9.13 Å². The van der Waals surface area contributed by atoms with E-state index in [0.29, 0.717) is 15.9 Å². The van der Waals surface area contributed by atoms with Crippen LogP contribution in [0.3, 0.4) is 0 Å². The van der Waals surface area contributed by atoms with Gasteiger partial charge in [-0.05, 0) is 41.1 Å². The Hall–Kier alpha value is -2.13. The summed E-state index contributed by atoms with van der Waals surface area (Å²) in [5, 5.41) is 8.95. The molecule has 0 radical (unpaired) electrons. The monoisotopic (exact) mass is 333 g/mol. The van der Waals surface area contributed by atoms with Crippen molar-refractivity contribution in [3.8, 4) is 6.07 Å². The molecule has 0 N–H and O–H groups in total. The van der Waals surface area contributed by atoms with Gasteiger partial charge in [-0.2, -0.15) is 5.26 Å². The van der Waals surface area contributed by atoms with Crippen molar-refractivity contribution in [2.75, 3.05) is 0 Å². The number of rotatable bonds is 3. The lowest BCUT2D eigenvalue weighted by Gasteiger charge is -2.11. The number of nitrogens with zero attached hydrogens (tertiary/aromatic N) is 3. The summed E-state index contributed by atoms with van der Waals surface area (Å²) in [6.45, 7) is 1.64. The van der Waals surface area contributed by atoms with Crippen LogP contribution in [0.4, 0.5) is 0 Å².